The predicted molar refractivity (Wildman–Crippen MR) is 92.0 cm³/mol. The zero-order valence-corrected chi connectivity index (χ0v) is 13.7. The Morgan fingerprint density at radius 1 is 1.17 bits per heavy atom. The quantitative estimate of drug-likeness (QED) is 0.871. The molecule has 1 amide bonds. The molecule has 3 rings (SSSR count). The highest BCUT2D eigenvalue weighted by Gasteiger charge is 2.23. The van der Waals surface area contributed by atoms with Gasteiger partial charge in [-0.2, -0.15) is 0 Å². The Hall–Kier alpha value is -2.43. The van der Waals surface area contributed by atoms with Crippen LogP contribution in [-0.4, -0.2) is 35.5 Å². The maximum absolute atomic E-state index is 12.8. The second-order valence-corrected chi connectivity index (χ2v) is 5.63. The first kappa shape index (κ1) is 15.5. The smallest absolute Gasteiger partial charge is 0.261 e. The van der Waals surface area contributed by atoms with Crippen LogP contribution >= 0.6 is 0 Å². The van der Waals surface area contributed by atoms with Gasteiger partial charge in [0.25, 0.3) is 5.91 Å². The molecule has 0 spiro atoms. The minimum atomic E-state index is -0.0248. The number of amides is 1. The molecule has 0 N–H and O–H groups in total. The van der Waals surface area contributed by atoms with E-state index in [1.807, 2.05) is 23.1 Å². The molecule has 0 fully saturated rings. The third-order valence-electron chi connectivity index (χ3n) is 4.29. The summed E-state index contributed by atoms with van der Waals surface area (Å²) < 4.78 is 0. The number of para-hydroxylation sites is 1. The molecule has 1 aromatic carbocycles. The van der Waals surface area contributed by atoms with Crippen molar-refractivity contribution in [3.05, 3.63) is 47.8 Å². The zero-order valence-electron chi connectivity index (χ0n) is 13.7. The van der Waals surface area contributed by atoms with Gasteiger partial charge in [0.2, 0.25) is 5.95 Å². The van der Waals surface area contributed by atoms with Crippen molar-refractivity contribution in [2.45, 2.75) is 26.7 Å². The Labute approximate surface area is 137 Å². The summed E-state index contributed by atoms with van der Waals surface area (Å²) in [6.07, 6.45) is 5.29. The number of aromatic nitrogens is 2. The average Bonchev–Trinajstić information content (AvgIpc) is 2.62. The third-order valence-corrected chi connectivity index (χ3v) is 4.29. The first-order valence-corrected chi connectivity index (χ1v) is 8.21. The molecule has 23 heavy (non-hydrogen) atoms. The van der Waals surface area contributed by atoms with Crippen molar-refractivity contribution in [2.75, 3.05) is 29.4 Å². The van der Waals surface area contributed by atoms with Gasteiger partial charge >= 0.3 is 0 Å². The molecule has 5 heteroatoms. The maximum atomic E-state index is 12.8. The summed E-state index contributed by atoms with van der Waals surface area (Å²) in [5.41, 5.74) is 2.78. The number of carbonyl (C=O) groups excluding carboxylic acids is 1. The third kappa shape index (κ3) is 3.04. The number of aryl methyl sites for hydroxylation is 1. The van der Waals surface area contributed by atoms with Gasteiger partial charge in [0.1, 0.15) is 0 Å². The monoisotopic (exact) mass is 310 g/mol. The second-order valence-electron chi connectivity index (χ2n) is 5.63. The molecule has 2 heterocycles. The highest BCUT2D eigenvalue weighted by molar-refractivity contribution is 6.06. The van der Waals surface area contributed by atoms with Crippen LogP contribution in [0.25, 0.3) is 0 Å². The van der Waals surface area contributed by atoms with Gasteiger partial charge in [-0.3, -0.25) is 4.79 Å². The summed E-state index contributed by atoms with van der Waals surface area (Å²) in [5.74, 6) is 0.647. The highest BCUT2D eigenvalue weighted by atomic mass is 16.2. The van der Waals surface area contributed by atoms with Crippen LogP contribution in [-0.2, 0) is 6.42 Å². The number of hydrogen-bond donors (Lipinski definition) is 0. The molecular formula is C18H22N4O. The molecule has 0 saturated carbocycles. The van der Waals surface area contributed by atoms with Gasteiger partial charge in [-0.15, -0.1) is 0 Å². The fraction of sp³-hybridized carbons (Fsp3) is 0.389. The summed E-state index contributed by atoms with van der Waals surface area (Å²) in [6, 6.07) is 8.10. The summed E-state index contributed by atoms with van der Waals surface area (Å²) in [5, 5.41) is 0. The first-order chi connectivity index (χ1) is 11.2. The van der Waals surface area contributed by atoms with Gasteiger partial charge in [-0.05, 0) is 38.3 Å². The van der Waals surface area contributed by atoms with Crippen LogP contribution < -0.4 is 9.80 Å². The molecular weight excluding hydrogens is 288 g/mol. The predicted octanol–water partition coefficient (Wildman–Crippen LogP) is 2.92. The number of anilines is 2. The fourth-order valence-corrected chi connectivity index (χ4v) is 3.00. The van der Waals surface area contributed by atoms with E-state index in [1.165, 1.54) is 5.56 Å². The molecule has 1 aromatic heterocycles. The maximum Gasteiger partial charge on any atom is 0.261 e. The minimum Gasteiger partial charge on any atom is -0.341 e. The zero-order chi connectivity index (χ0) is 16.2. The van der Waals surface area contributed by atoms with Crippen LogP contribution in [0.1, 0.15) is 36.2 Å². The second kappa shape index (κ2) is 6.77. The standard InChI is InChI=1S/C18H22N4O/c1-3-21(4-2)18-19-12-15(13-20-18)17(23)22-11-7-9-14-8-5-6-10-16(14)22/h5-6,8,10,12-13H,3-4,7,9,11H2,1-2H3. The fourth-order valence-electron chi connectivity index (χ4n) is 3.00. The molecule has 5 nitrogen and oxygen atoms in total. The summed E-state index contributed by atoms with van der Waals surface area (Å²) in [6.45, 7) is 6.58. The number of hydrogen-bond acceptors (Lipinski definition) is 4. The van der Waals surface area contributed by atoms with Crippen LogP contribution in [0.15, 0.2) is 36.7 Å². The van der Waals surface area contributed by atoms with E-state index in [0.717, 1.165) is 38.2 Å². The number of carbonyl (C=O) groups is 1. The van der Waals surface area contributed by atoms with Crippen molar-refractivity contribution >= 4 is 17.5 Å². The van der Waals surface area contributed by atoms with Crippen LogP contribution in [0.4, 0.5) is 11.6 Å². The summed E-state index contributed by atoms with van der Waals surface area (Å²) in [4.78, 5) is 25.4. The number of rotatable bonds is 4. The van der Waals surface area contributed by atoms with E-state index in [0.29, 0.717) is 11.5 Å². The normalized spacial score (nSPS) is 13.6. The largest absolute Gasteiger partial charge is 0.341 e. The molecule has 0 atom stereocenters. The molecule has 0 radical (unpaired) electrons. The Morgan fingerprint density at radius 2 is 1.87 bits per heavy atom. The molecule has 0 saturated heterocycles. The minimum absolute atomic E-state index is 0.0248. The first-order valence-electron chi connectivity index (χ1n) is 8.21. The molecule has 0 bridgehead atoms. The van der Waals surface area contributed by atoms with Gasteiger partial charge in [0.15, 0.2) is 0 Å². The van der Waals surface area contributed by atoms with Crippen molar-refractivity contribution in [1.82, 2.24) is 9.97 Å². The summed E-state index contributed by atoms with van der Waals surface area (Å²) >= 11 is 0. The Kier molecular flexibility index (Phi) is 4.55. The van der Waals surface area contributed by atoms with Crippen molar-refractivity contribution in [3.8, 4) is 0 Å². The number of nitrogens with zero attached hydrogens (tertiary/aromatic N) is 4. The van der Waals surface area contributed by atoms with Crippen molar-refractivity contribution in [1.29, 1.82) is 0 Å². The van der Waals surface area contributed by atoms with Crippen LogP contribution in [0, 0.1) is 0 Å². The number of benzene rings is 1. The number of fused-ring (bicyclic) bond motifs is 1. The van der Waals surface area contributed by atoms with E-state index in [9.17, 15) is 4.79 Å². The van der Waals surface area contributed by atoms with Gasteiger partial charge in [0, 0.05) is 37.7 Å². The van der Waals surface area contributed by atoms with Gasteiger partial charge < -0.3 is 9.80 Å². The Morgan fingerprint density at radius 3 is 2.57 bits per heavy atom. The van der Waals surface area contributed by atoms with Crippen molar-refractivity contribution in [2.24, 2.45) is 0 Å². The van der Waals surface area contributed by atoms with Crippen LogP contribution in [0.2, 0.25) is 0 Å². The lowest BCUT2D eigenvalue weighted by atomic mass is 10.0. The van der Waals surface area contributed by atoms with E-state index in [2.05, 4.69) is 34.8 Å². The van der Waals surface area contributed by atoms with Crippen LogP contribution in [0.3, 0.4) is 0 Å². The highest BCUT2D eigenvalue weighted by Crippen LogP contribution is 2.27. The molecule has 0 aliphatic carbocycles. The molecule has 120 valence electrons. The van der Waals surface area contributed by atoms with Gasteiger partial charge in [-0.25, -0.2) is 9.97 Å². The lowest BCUT2D eigenvalue weighted by molar-refractivity contribution is 0.0984. The van der Waals surface area contributed by atoms with Gasteiger partial charge in [-0.1, -0.05) is 18.2 Å². The lowest BCUT2D eigenvalue weighted by Crippen LogP contribution is -2.35. The Balaban J connectivity index is 1.84. The molecule has 1 aliphatic heterocycles. The van der Waals surface area contributed by atoms with Crippen LogP contribution in [0.5, 0.6) is 0 Å². The molecule has 2 aromatic rings. The SMILES string of the molecule is CCN(CC)c1ncc(C(=O)N2CCCc3ccccc32)cn1. The Bertz CT molecular complexity index is 680. The van der Waals surface area contributed by atoms with Crippen molar-refractivity contribution < 1.29 is 4.79 Å². The average molecular weight is 310 g/mol. The van der Waals surface area contributed by atoms with E-state index in [4.69, 9.17) is 0 Å². The molecule has 1 aliphatic rings. The van der Waals surface area contributed by atoms with Crippen molar-refractivity contribution in [3.63, 3.8) is 0 Å². The van der Waals surface area contributed by atoms with Gasteiger partial charge in [0.05, 0.1) is 5.56 Å². The molecule has 0 unspecified atom stereocenters. The topological polar surface area (TPSA) is 49.3 Å². The summed E-state index contributed by atoms with van der Waals surface area (Å²) in [7, 11) is 0. The lowest BCUT2D eigenvalue weighted by Gasteiger charge is -2.29. The van der Waals surface area contributed by atoms with E-state index < -0.39 is 0 Å². The van der Waals surface area contributed by atoms with E-state index in [-0.39, 0.29) is 5.91 Å². The van der Waals surface area contributed by atoms with E-state index in [1.54, 1.807) is 12.4 Å². The van der Waals surface area contributed by atoms with E-state index >= 15 is 0 Å².